The van der Waals surface area contributed by atoms with Crippen molar-refractivity contribution in [1.82, 2.24) is 14.9 Å². The number of benzene rings is 2. The van der Waals surface area contributed by atoms with Gasteiger partial charge < -0.3 is 19.7 Å². The van der Waals surface area contributed by atoms with E-state index in [1.807, 2.05) is 65.4 Å². The molecule has 0 bridgehead atoms. The number of esters is 1. The van der Waals surface area contributed by atoms with Crippen LogP contribution in [-0.4, -0.2) is 33.7 Å². The van der Waals surface area contributed by atoms with Crippen molar-refractivity contribution in [2.24, 2.45) is 5.92 Å². The van der Waals surface area contributed by atoms with E-state index in [1.54, 1.807) is 19.4 Å². The number of nitrogens with zero attached hydrogens (tertiary/aromatic N) is 2. The summed E-state index contributed by atoms with van der Waals surface area (Å²) >= 11 is 0. The van der Waals surface area contributed by atoms with E-state index in [4.69, 9.17) is 4.74 Å². The molecule has 2 aromatic carbocycles. The fraction of sp³-hybridized carbons (Fsp3) is 0.115. The van der Waals surface area contributed by atoms with E-state index in [9.17, 15) is 14.7 Å². The molecule has 0 radical (unpaired) electrons. The summed E-state index contributed by atoms with van der Waals surface area (Å²) in [6.45, 7) is 1.66. The number of nitrogens with one attached hydrogen (secondary N) is 1. The number of aromatic nitrogens is 2. The third kappa shape index (κ3) is 4.41. The van der Waals surface area contributed by atoms with Gasteiger partial charge in [-0.3, -0.25) is 0 Å². The molecule has 0 aliphatic carbocycles. The fourth-order valence-electron chi connectivity index (χ4n) is 3.70. The van der Waals surface area contributed by atoms with Crippen molar-refractivity contribution in [1.29, 1.82) is 0 Å². The monoisotopic (exact) mass is 439 g/mol. The van der Waals surface area contributed by atoms with Gasteiger partial charge in [0.25, 0.3) is 0 Å². The van der Waals surface area contributed by atoms with Crippen LogP contribution in [0.4, 0.5) is 0 Å². The summed E-state index contributed by atoms with van der Waals surface area (Å²) in [5.74, 6) is 3.23. The van der Waals surface area contributed by atoms with Gasteiger partial charge in [-0.25, -0.2) is 14.6 Å². The SMILES string of the molecule is COC(=O)C1=C(c2ccc(-n3ccnc3)cc2)NC(C)=C(C(=O)O)C1C#Cc1ccccc1. The molecular formula is C26H21N3O4. The van der Waals surface area contributed by atoms with Gasteiger partial charge in [-0.2, -0.15) is 0 Å². The second kappa shape index (κ2) is 9.28. The zero-order valence-electron chi connectivity index (χ0n) is 18.1. The number of carboxylic acid groups (broad SMARTS) is 1. The topological polar surface area (TPSA) is 93.5 Å². The Morgan fingerprint density at radius 2 is 1.82 bits per heavy atom. The smallest absolute Gasteiger partial charge is 0.337 e. The average molecular weight is 439 g/mol. The Labute approximate surface area is 191 Å². The number of carbonyl (C=O) groups is 2. The maximum absolute atomic E-state index is 12.9. The van der Waals surface area contributed by atoms with Crippen LogP contribution in [0.1, 0.15) is 18.1 Å². The number of ether oxygens (including phenoxy) is 1. The molecule has 0 saturated heterocycles. The van der Waals surface area contributed by atoms with Gasteiger partial charge in [0, 0.05) is 29.3 Å². The number of carboxylic acids is 1. The average Bonchev–Trinajstić information content (AvgIpc) is 3.37. The van der Waals surface area contributed by atoms with E-state index in [1.165, 1.54) is 7.11 Å². The first kappa shape index (κ1) is 21.7. The molecule has 3 aromatic rings. The highest BCUT2D eigenvalue weighted by molar-refractivity contribution is 6.04. The van der Waals surface area contributed by atoms with Crippen molar-refractivity contribution >= 4 is 17.6 Å². The van der Waals surface area contributed by atoms with Crippen molar-refractivity contribution in [3.8, 4) is 17.5 Å². The molecule has 164 valence electrons. The van der Waals surface area contributed by atoms with Crippen LogP contribution in [0.5, 0.6) is 0 Å². The standard InChI is InChI=1S/C26H21N3O4/c1-17-22(25(30)31)21(13-8-18-6-4-3-5-7-18)23(26(32)33-2)24(28-17)19-9-11-20(12-10-19)29-15-14-27-16-29/h3-7,9-12,14-16,21,28H,1-2H3,(H,30,31). The third-order valence-electron chi connectivity index (χ3n) is 5.29. The van der Waals surface area contributed by atoms with Crippen molar-refractivity contribution in [2.75, 3.05) is 7.11 Å². The molecule has 1 unspecified atom stereocenters. The van der Waals surface area contributed by atoms with Gasteiger partial charge in [-0.05, 0) is 36.8 Å². The van der Waals surface area contributed by atoms with E-state index in [0.717, 1.165) is 5.69 Å². The van der Waals surface area contributed by atoms with Gasteiger partial charge in [-0.15, -0.1) is 0 Å². The maximum Gasteiger partial charge on any atom is 0.337 e. The molecular weight excluding hydrogens is 418 g/mol. The fourth-order valence-corrected chi connectivity index (χ4v) is 3.70. The lowest BCUT2D eigenvalue weighted by atomic mass is 9.84. The molecule has 1 aliphatic heterocycles. The highest BCUT2D eigenvalue weighted by Gasteiger charge is 2.36. The number of aliphatic carboxylic acids is 1. The first-order valence-corrected chi connectivity index (χ1v) is 10.2. The van der Waals surface area contributed by atoms with Crippen molar-refractivity contribution < 1.29 is 19.4 Å². The Kier molecular flexibility index (Phi) is 6.09. The minimum atomic E-state index is -1.15. The predicted molar refractivity (Wildman–Crippen MR) is 123 cm³/mol. The van der Waals surface area contributed by atoms with Crippen LogP contribution in [0.2, 0.25) is 0 Å². The molecule has 2 N–H and O–H groups in total. The minimum absolute atomic E-state index is 0.0117. The van der Waals surface area contributed by atoms with Gasteiger partial charge >= 0.3 is 11.9 Å². The maximum atomic E-state index is 12.9. The van der Waals surface area contributed by atoms with E-state index in [0.29, 0.717) is 22.5 Å². The van der Waals surface area contributed by atoms with Gasteiger partial charge in [0.15, 0.2) is 0 Å². The lowest BCUT2D eigenvalue weighted by molar-refractivity contribution is -0.136. The molecule has 1 atom stereocenters. The molecule has 7 nitrogen and oxygen atoms in total. The number of methoxy groups -OCH3 is 1. The van der Waals surface area contributed by atoms with Crippen molar-refractivity contribution in [2.45, 2.75) is 6.92 Å². The number of hydrogen-bond acceptors (Lipinski definition) is 5. The van der Waals surface area contributed by atoms with Gasteiger partial charge in [0.1, 0.15) is 0 Å². The summed E-state index contributed by atoms with van der Waals surface area (Å²) in [7, 11) is 1.27. The second-order valence-corrected chi connectivity index (χ2v) is 7.33. The highest BCUT2D eigenvalue weighted by Crippen LogP contribution is 2.34. The van der Waals surface area contributed by atoms with E-state index in [2.05, 4.69) is 22.1 Å². The Bertz CT molecular complexity index is 1310. The summed E-state index contributed by atoms with van der Waals surface area (Å²) in [5.41, 5.74) is 3.36. The zero-order valence-corrected chi connectivity index (χ0v) is 18.1. The number of carbonyl (C=O) groups excluding carboxylic acids is 1. The molecule has 1 aromatic heterocycles. The Morgan fingerprint density at radius 1 is 1.09 bits per heavy atom. The lowest BCUT2D eigenvalue weighted by Crippen LogP contribution is -2.32. The molecule has 0 fully saturated rings. The normalized spacial score (nSPS) is 15.4. The van der Waals surface area contributed by atoms with Crippen LogP contribution < -0.4 is 5.32 Å². The quantitative estimate of drug-likeness (QED) is 0.478. The number of imidazole rings is 1. The van der Waals surface area contributed by atoms with Crippen LogP contribution in [0, 0.1) is 17.8 Å². The van der Waals surface area contributed by atoms with Crippen LogP contribution in [0.3, 0.4) is 0 Å². The summed E-state index contributed by atoms with van der Waals surface area (Å²) in [5, 5.41) is 13.0. The molecule has 4 rings (SSSR count). The first-order valence-electron chi connectivity index (χ1n) is 10.2. The molecule has 0 saturated carbocycles. The van der Waals surface area contributed by atoms with E-state index < -0.39 is 17.9 Å². The number of allylic oxidation sites excluding steroid dienone is 1. The third-order valence-corrected chi connectivity index (χ3v) is 5.29. The summed E-state index contributed by atoms with van der Waals surface area (Å²) < 4.78 is 6.89. The summed E-state index contributed by atoms with van der Waals surface area (Å²) in [6.07, 6.45) is 5.20. The van der Waals surface area contributed by atoms with Gasteiger partial charge in [0.2, 0.25) is 0 Å². The molecule has 0 amide bonds. The van der Waals surface area contributed by atoms with Crippen LogP contribution in [-0.2, 0) is 14.3 Å². The van der Waals surface area contributed by atoms with Gasteiger partial charge in [-0.1, -0.05) is 42.2 Å². The zero-order chi connectivity index (χ0) is 23.4. The Hall–Kier alpha value is -4.57. The Balaban J connectivity index is 1.85. The largest absolute Gasteiger partial charge is 0.478 e. The number of dihydropyridines is 1. The second-order valence-electron chi connectivity index (χ2n) is 7.33. The predicted octanol–water partition coefficient (Wildman–Crippen LogP) is 3.39. The molecule has 33 heavy (non-hydrogen) atoms. The van der Waals surface area contributed by atoms with Crippen LogP contribution in [0.15, 0.2) is 90.2 Å². The first-order chi connectivity index (χ1) is 16.0. The molecule has 7 heteroatoms. The van der Waals surface area contributed by atoms with Crippen molar-refractivity contribution in [3.05, 3.63) is 101 Å². The van der Waals surface area contributed by atoms with Crippen LogP contribution >= 0.6 is 0 Å². The van der Waals surface area contributed by atoms with Crippen LogP contribution in [0.25, 0.3) is 11.4 Å². The van der Waals surface area contributed by atoms with E-state index >= 15 is 0 Å². The molecule has 0 spiro atoms. The molecule has 1 aliphatic rings. The minimum Gasteiger partial charge on any atom is -0.478 e. The Morgan fingerprint density at radius 3 is 2.42 bits per heavy atom. The summed E-state index contributed by atoms with van der Waals surface area (Å²) in [6, 6.07) is 16.7. The number of rotatable bonds is 4. The van der Waals surface area contributed by atoms with E-state index in [-0.39, 0.29) is 11.1 Å². The highest BCUT2D eigenvalue weighted by atomic mass is 16.5. The summed E-state index contributed by atoms with van der Waals surface area (Å²) in [4.78, 5) is 29.0. The van der Waals surface area contributed by atoms with Crippen molar-refractivity contribution in [3.63, 3.8) is 0 Å². The number of hydrogen-bond donors (Lipinski definition) is 2. The lowest BCUT2D eigenvalue weighted by Gasteiger charge is -2.27. The molecule has 2 heterocycles. The van der Waals surface area contributed by atoms with Gasteiger partial charge in [0.05, 0.1) is 36.2 Å².